The summed E-state index contributed by atoms with van der Waals surface area (Å²) in [5, 5.41) is 3.48. The Morgan fingerprint density at radius 3 is 2.90 bits per heavy atom. The summed E-state index contributed by atoms with van der Waals surface area (Å²) in [6.45, 7) is 0.105. The molecule has 0 aliphatic carbocycles. The van der Waals surface area contributed by atoms with Crippen molar-refractivity contribution >= 4 is 28.6 Å². The lowest BCUT2D eigenvalue weighted by molar-refractivity contribution is 0.107. The molecule has 0 bridgehead atoms. The van der Waals surface area contributed by atoms with Gasteiger partial charge in [-0.25, -0.2) is 4.39 Å². The Morgan fingerprint density at radius 2 is 2.30 bits per heavy atom. The van der Waals surface area contributed by atoms with E-state index in [0.29, 0.717) is 21.9 Å². The van der Waals surface area contributed by atoms with Crippen LogP contribution in [0.5, 0.6) is 5.88 Å². The first-order valence-electron chi connectivity index (χ1n) is 5.74. The molecular formula is C13H12ClFN2O2S. The van der Waals surface area contributed by atoms with E-state index in [-0.39, 0.29) is 6.61 Å². The maximum absolute atomic E-state index is 12.5. The van der Waals surface area contributed by atoms with Crippen molar-refractivity contribution in [1.29, 1.82) is 0 Å². The topological polar surface area (TPSA) is 44.1 Å². The largest absolute Gasteiger partial charge is 0.472 e. The number of alkyl halides is 1. The van der Waals surface area contributed by atoms with E-state index in [0.717, 1.165) is 11.8 Å². The number of hydrogen-bond acceptors (Lipinski definition) is 4. The number of carbonyl (C=O) groups is 1. The summed E-state index contributed by atoms with van der Waals surface area (Å²) in [4.78, 5) is 12.1. The summed E-state index contributed by atoms with van der Waals surface area (Å²) in [6.07, 6.45) is 1.74. The molecule has 4 nitrogen and oxygen atoms in total. The zero-order valence-electron chi connectivity index (χ0n) is 10.7. The van der Waals surface area contributed by atoms with Crippen LogP contribution in [-0.4, -0.2) is 21.0 Å². The van der Waals surface area contributed by atoms with Crippen molar-refractivity contribution in [2.24, 2.45) is 7.05 Å². The maximum atomic E-state index is 12.5. The summed E-state index contributed by atoms with van der Waals surface area (Å²) < 4.78 is 19.7. The molecule has 2 rings (SSSR count). The van der Waals surface area contributed by atoms with Crippen molar-refractivity contribution in [3.05, 3.63) is 41.6 Å². The predicted molar refractivity (Wildman–Crippen MR) is 76.0 cm³/mol. The van der Waals surface area contributed by atoms with E-state index < -0.39 is 11.2 Å². The van der Waals surface area contributed by atoms with Gasteiger partial charge in [0.1, 0.15) is 12.6 Å². The highest BCUT2D eigenvalue weighted by Crippen LogP contribution is 2.27. The molecule has 0 saturated heterocycles. The van der Waals surface area contributed by atoms with E-state index in [2.05, 4.69) is 5.10 Å². The average molecular weight is 315 g/mol. The molecule has 0 unspecified atom stereocenters. The minimum Gasteiger partial charge on any atom is -0.472 e. The summed E-state index contributed by atoms with van der Waals surface area (Å²) in [7, 11) is 1.77. The van der Waals surface area contributed by atoms with Crippen molar-refractivity contribution in [2.45, 2.75) is 11.5 Å². The number of benzene rings is 1. The Kier molecular flexibility index (Phi) is 5.03. The van der Waals surface area contributed by atoms with Crippen LogP contribution in [0.25, 0.3) is 0 Å². The van der Waals surface area contributed by atoms with Gasteiger partial charge in [0.05, 0.1) is 0 Å². The fraction of sp³-hybridized carbons (Fsp3) is 0.231. The first-order chi connectivity index (χ1) is 9.61. The molecule has 2 aromatic rings. The molecule has 1 heterocycles. The van der Waals surface area contributed by atoms with Crippen molar-refractivity contribution < 1.29 is 13.9 Å². The van der Waals surface area contributed by atoms with Crippen LogP contribution in [-0.2, 0) is 13.7 Å². The lowest BCUT2D eigenvalue weighted by atomic mass is 10.1. The second kappa shape index (κ2) is 6.76. The van der Waals surface area contributed by atoms with Crippen molar-refractivity contribution in [3.8, 4) is 5.88 Å². The van der Waals surface area contributed by atoms with Gasteiger partial charge in [0.2, 0.25) is 5.88 Å². The van der Waals surface area contributed by atoms with Gasteiger partial charge in [-0.1, -0.05) is 17.8 Å². The number of thioether (sulfide) groups is 1. The first-order valence-corrected chi connectivity index (χ1v) is 7.11. The van der Waals surface area contributed by atoms with Crippen LogP contribution in [0.4, 0.5) is 4.39 Å². The molecule has 0 amide bonds. The molecule has 0 aliphatic rings. The molecule has 0 atom stereocenters. The zero-order valence-corrected chi connectivity index (χ0v) is 12.2. The average Bonchev–Trinajstić information content (AvgIpc) is 2.83. The SMILES string of the molecule is Cn1ccc(OCc2c(SCF)cccc2C(=O)Cl)n1. The predicted octanol–water partition coefficient (Wildman–Crippen LogP) is 3.40. The second-order valence-corrected chi connectivity index (χ2v) is 5.22. The van der Waals surface area contributed by atoms with E-state index in [1.807, 2.05) is 0 Å². The van der Waals surface area contributed by atoms with Crippen LogP contribution in [0.15, 0.2) is 35.4 Å². The van der Waals surface area contributed by atoms with E-state index in [4.69, 9.17) is 16.3 Å². The zero-order chi connectivity index (χ0) is 14.5. The van der Waals surface area contributed by atoms with Crippen LogP contribution in [0.1, 0.15) is 15.9 Å². The fourth-order valence-electron chi connectivity index (χ4n) is 1.71. The van der Waals surface area contributed by atoms with Gasteiger partial charge in [-0.2, -0.15) is 0 Å². The Hall–Kier alpha value is -1.53. The third-order valence-corrected chi connectivity index (χ3v) is 3.61. The van der Waals surface area contributed by atoms with Gasteiger partial charge in [0, 0.05) is 35.3 Å². The lowest BCUT2D eigenvalue weighted by Gasteiger charge is -2.11. The number of nitrogens with zero attached hydrogens (tertiary/aromatic N) is 2. The third kappa shape index (κ3) is 3.52. The van der Waals surface area contributed by atoms with Crippen LogP contribution in [0.3, 0.4) is 0 Å². The molecule has 1 aromatic heterocycles. The van der Waals surface area contributed by atoms with Crippen LogP contribution in [0.2, 0.25) is 0 Å². The van der Waals surface area contributed by atoms with Gasteiger partial charge >= 0.3 is 0 Å². The number of halogens is 2. The molecule has 0 N–H and O–H groups in total. The van der Waals surface area contributed by atoms with Gasteiger partial charge in [-0.15, -0.1) is 5.10 Å². The van der Waals surface area contributed by atoms with Gasteiger partial charge < -0.3 is 4.74 Å². The highest BCUT2D eigenvalue weighted by atomic mass is 35.5. The summed E-state index contributed by atoms with van der Waals surface area (Å²) in [5.41, 5.74) is 0.891. The van der Waals surface area contributed by atoms with E-state index in [9.17, 15) is 9.18 Å². The number of rotatable bonds is 6. The number of aromatic nitrogens is 2. The third-order valence-electron chi connectivity index (χ3n) is 2.61. The quantitative estimate of drug-likeness (QED) is 0.605. The summed E-state index contributed by atoms with van der Waals surface area (Å²) >= 11 is 6.54. The second-order valence-electron chi connectivity index (χ2n) is 3.93. The normalized spacial score (nSPS) is 10.6. The minimum atomic E-state index is -0.592. The molecule has 0 aliphatic heterocycles. The van der Waals surface area contributed by atoms with E-state index in [1.54, 1.807) is 42.2 Å². The summed E-state index contributed by atoms with van der Waals surface area (Å²) in [5.74, 6) is 0.431. The van der Waals surface area contributed by atoms with Crippen molar-refractivity contribution in [1.82, 2.24) is 9.78 Å². The van der Waals surface area contributed by atoms with Gasteiger partial charge in [-0.05, 0) is 23.7 Å². The standard InChI is InChI=1S/C13H12ClFN2O2S/c1-17-6-5-12(16-17)19-7-10-9(13(14)18)3-2-4-11(10)20-8-15/h2-6H,7-8H2,1H3. The van der Waals surface area contributed by atoms with E-state index >= 15 is 0 Å². The van der Waals surface area contributed by atoms with Gasteiger partial charge in [-0.3, -0.25) is 9.48 Å². The maximum Gasteiger partial charge on any atom is 0.252 e. The Balaban J connectivity index is 2.25. The van der Waals surface area contributed by atoms with Crippen LogP contribution >= 0.6 is 23.4 Å². The Bertz CT molecular complexity index is 618. The summed E-state index contributed by atoms with van der Waals surface area (Å²) in [6, 6.07) is 6.10. The monoisotopic (exact) mass is 314 g/mol. The number of aryl methyl sites for hydroxylation is 1. The highest BCUT2D eigenvalue weighted by Gasteiger charge is 2.14. The van der Waals surface area contributed by atoms with Gasteiger partial charge in [0.25, 0.3) is 5.24 Å². The molecule has 0 saturated carbocycles. The smallest absolute Gasteiger partial charge is 0.252 e. The van der Waals surface area contributed by atoms with Crippen LogP contribution < -0.4 is 4.74 Å². The first kappa shape index (κ1) is 14.9. The number of hydrogen-bond donors (Lipinski definition) is 0. The van der Waals surface area contributed by atoms with Crippen molar-refractivity contribution in [2.75, 3.05) is 6.01 Å². The number of carbonyl (C=O) groups excluding carboxylic acids is 1. The Labute approximate surface area is 124 Å². The number of ether oxygens (including phenoxy) is 1. The van der Waals surface area contributed by atoms with E-state index in [1.165, 1.54) is 0 Å². The molecule has 7 heteroatoms. The molecule has 106 valence electrons. The molecule has 0 fully saturated rings. The van der Waals surface area contributed by atoms with Gasteiger partial charge in [0.15, 0.2) is 0 Å². The molecule has 0 spiro atoms. The Morgan fingerprint density at radius 1 is 1.50 bits per heavy atom. The van der Waals surface area contributed by atoms with Crippen molar-refractivity contribution in [3.63, 3.8) is 0 Å². The highest BCUT2D eigenvalue weighted by molar-refractivity contribution is 7.99. The molecular weight excluding hydrogens is 303 g/mol. The molecule has 0 radical (unpaired) electrons. The molecule has 1 aromatic carbocycles. The fourth-order valence-corrected chi connectivity index (χ4v) is 2.52. The minimum absolute atomic E-state index is 0.105. The lowest BCUT2D eigenvalue weighted by Crippen LogP contribution is -2.05. The van der Waals surface area contributed by atoms with Crippen LogP contribution in [0, 0.1) is 0 Å². The molecule has 20 heavy (non-hydrogen) atoms.